The van der Waals surface area contributed by atoms with E-state index in [1.807, 2.05) is 49.4 Å². The molecule has 3 heteroatoms. The van der Waals surface area contributed by atoms with E-state index in [0.29, 0.717) is 5.76 Å². The van der Waals surface area contributed by atoms with Gasteiger partial charge in [0.05, 0.1) is 6.04 Å². The lowest BCUT2D eigenvalue weighted by molar-refractivity contribution is 0.0914. The number of hydrogen-bond acceptors (Lipinski definition) is 2. The van der Waals surface area contributed by atoms with E-state index in [1.54, 1.807) is 6.07 Å². The SMILES string of the molecule is C[C@H](NC(=O)c1cc2ccccc2o1)c1ccc2ccccc2c1. The maximum absolute atomic E-state index is 12.5. The first-order chi connectivity index (χ1) is 11.7. The van der Waals surface area contributed by atoms with Crippen LogP contribution in [0.3, 0.4) is 0 Å². The monoisotopic (exact) mass is 315 g/mol. The Kier molecular flexibility index (Phi) is 3.54. The van der Waals surface area contributed by atoms with Crippen LogP contribution in [0.1, 0.15) is 29.1 Å². The summed E-state index contributed by atoms with van der Waals surface area (Å²) in [5, 5.41) is 6.30. The Labute approximate surface area is 139 Å². The highest BCUT2D eigenvalue weighted by Crippen LogP contribution is 2.22. The van der Waals surface area contributed by atoms with Gasteiger partial charge in [-0.2, -0.15) is 0 Å². The summed E-state index contributed by atoms with van der Waals surface area (Å²) in [6, 6.07) is 23.7. The van der Waals surface area contributed by atoms with Crippen molar-refractivity contribution in [2.75, 3.05) is 0 Å². The molecule has 0 aliphatic rings. The van der Waals surface area contributed by atoms with Crippen LogP contribution in [0, 0.1) is 0 Å². The number of para-hydroxylation sites is 1. The standard InChI is InChI=1S/C21H17NO2/c1-14(16-11-10-15-6-2-3-7-17(15)12-16)22-21(23)20-13-18-8-4-5-9-19(18)24-20/h2-14H,1H3,(H,22,23)/t14-/m0/s1. The van der Waals surface area contributed by atoms with Crippen LogP contribution in [-0.4, -0.2) is 5.91 Å². The van der Waals surface area contributed by atoms with Crippen LogP contribution in [0.5, 0.6) is 0 Å². The summed E-state index contributed by atoms with van der Waals surface area (Å²) in [4.78, 5) is 12.5. The lowest BCUT2D eigenvalue weighted by Crippen LogP contribution is -2.26. The summed E-state index contributed by atoms with van der Waals surface area (Å²) in [5.74, 6) is 0.135. The molecule has 4 rings (SSSR count). The molecule has 118 valence electrons. The van der Waals surface area contributed by atoms with Gasteiger partial charge in [-0.05, 0) is 41.5 Å². The predicted octanol–water partition coefficient (Wildman–Crippen LogP) is 5.08. The van der Waals surface area contributed by atoms with Gasteiger partial charge >= 0.3 is 0 Å². The maximum atomic E-state index is 12.5. The van der Waals surface area contributed by atoms with Crippen molar-refractivity contribution in [3.8, 4) is 0 Å². The number of carbonyl (C=O) groups is 1. The molecule has 0 bridgehead atoms. The minimum Gasteiger partial charge on any atom is -0.451 e. The number of amides is 1. The fourth-order valence-corrected chi connectivity index (χ4v) is 2.92. The summed E-state index contributed by atoms with van der Waals surface area (Å²) in [7, 11) is 0. The Bertz CT molecular complexity index is 999. The molecule has 4 aromatic rings. The Morgan fingerprint density at radius 3 is 2.38 bits per heavy atom. The third kappa shape index (κ3) is 2.65. The Hall–Kier alpha value is -3.07. The molecule has 3 aromatic carbocycles. The van der Waals surface area contributed by atoms with Crippen molar-refractivity contribution in [2.24, 2.45) is 0 Å². The fourth-order valence-electron chi connectivity index (χ4n) is 2.92. The van der Waals surface area contributed by atoms with Crippen LogP contribution in [-0.2, 0) is 0 Å². The molecule has 0 saturated heterocycles. The zero-order valence-corrected chi connectivity index (χ0v) is 13.3. The first kappa shape index (κ1) is 14.5. The van der Waals surface area contributed by atoms with Gasteiger partial charge in [0.15, 0.2) is 5.76 Å². The van der Waals surface area contributed by atoms with Crippen LogP contribution < -0.4 is 5.32 Å². The van der Waals surface area contributed by atoms with E-state index in [4.69, 9.17) is 4.42 Å². The zero-order chi connectivity index (χ0) is 16.5. The quantitative estimate of drug-likeness (QED) is 0.573. The predicted molar refractivity (Wildman–Crippen MR) is 96.0 cm³/mol. The van der Waals surface area contributed by atoms with E-state index < -0.39 is 0 Å². The molecule has 0 radical (unpaired) electrons. The fraction of sp³-hybridized carbons (Fsp3) is 0.0952. The largest absolute Gasteiger partial charge is 0.451 e. The van der Waals surface area contributed by atoms with Crippen LogP contribution in [0.2, 0.25) is 0 Å². The molecule has 24 heavy (non-hydrogen) atoms. The number of nitrogens with one attached hydrogen (secondary N) is 1. The average Bonchev–Trinajstić information content (AvgIpc) is 3.05. The van der Waals surface area contributed by atoms with Gasteiger partial charge in [-0.3, -0.25) is 4.79 Å². The van der Waals surface area contributed by atoms with Crippen LogP contribution in [0.4, 0.5) is 0 Å². The van der Waals surface area contributed by atoms with Gasteiger partial charge in [0.2, 0.25) is 0 Å². The molecular weight excluding hydrogens is 298 g/mol. The van der Waals surface area contributed by atoms with Gasteiger partial charge in [0.25, 0.3) is 5.91 Å². The van der Waals surface area contributed by atoms with Crippen molar-refractivity contribution in [3.63, 3.8) is 0 Å². The minimum atomic E-state index is -0.202. The van der Waals surface area contributed by atoms with E-state index in [9.17, 15) is 4.79 Å². The lowest BCUT2D eigenvalue weighted by Gasteiger charge is -2.14. The normalized spacial score (nSPS) is 12.4. The highest BCUT2D eigenvalue weighted by Gasteiger charge is 2.15. The van der Waals surface area contributed by atoms with Crippen molar-refractivity contribution < 1.29 is 9.21 Å². The van der Waals surface area contributed by atoms with Crippen molar-refractivity contribution in [1.29, 1.82) is 0 Å². The molecule has 3 nitrogen and oxygen atoms in total. The molecule has 0 unspecified atom stereocenters. The molecule has 1 N–H and O–H groups in total. The second kappa shape index (κ2) is 5.85. The van der Waals surface area contributed by atoms with Crippen LogP contribution in [0.25, 0.3) is 21.7 Å². The first-order valence-corrected chi connectivity index (χ1v) is 7.99. The average molecular weight is 315 g/mol. The number of carbonyl (C=O) groups excluding carboxylic acids is 1. The summed E-state index contributed by atoms with van der Waals surface area (Å²) >= 11 is 0. The molecule has 1 aromatic heterocycles. The topological polar surface area (TPSA) is 42.2 Å². The van der Waals surface area contributed by atoms with E-state index in [1.165, 1.54) is 10.8 Å². The summed E-state index contributed by atoms with van der Waals surface area (Å²) < 4.78 is 5.62. The molecule has 1 heterocycles. The van der Waals surface area contributed by atoms with E-state index >= 15 is 0 Å². The molecule has 1 atom stereocenters. The summed E-state index contributed by atoms with van der Waals surface area (Å²) in [6.07, 6.45) is 0. The Balaban J connectivity index is 1.57. The van der Waals surface area contributed by atoms with Gasteiger partial charge < -0.3 is 9.73 Å². The van der Waals surface area contributed by atoms with Crippen molar-refractivity contribution in [2.45, 2.75) is 13.0 Å². The molecule has 0 aliphatic heterocycles. The number of fused-ring (bicyclic) bond motifs is 2. The van der Waals surface area contributed by atoms with E-state index in [2.05, 4.69) is 29.6 Å². The zero-order valence-electron chi connectivity index (χ0n) is 13.3. The van der Waals surface area contributed by atoms with Crippen LogP contribution >= 0.6 is 0 Å². The van der Waals surface area contributed by atoms with Crippen molar-refractivity contribution in [1.82, 2.24) is 5.32 Å². The number of rotatable bonds is 3. The number of benzene rings is 3. The third-order valence-electron chi connectivity index (χ3n) is 4.27. The minimum absolute atomic E-state index is 0.102. The van der Waals surface area contributed by atoms with Gasteiger partial charge in [-0.25, -0.2) is 0 Å². The van der Waals surface area contributed by atoms with Crippen molar-refractivity contribution in [3.05, 3.63) is 84.1 Å². The Morgan fingerprint density at radius 2 is 1.58 bits per heavy atom. The second-order valence-corrected chi connectivity index (χ2v) is 5.95. The van der Waals surface area contributed by atoms with Gasteiger partial charge in [-0.15, -0.1) is 0 Å². The van der Waals surface area contributed by atoms with Gasteiger partial charge in [0, 0.05) is 5.39 Å². The number of furan rings is 1. The van der Waals surface area contributed by atoms with Crippen LogP contribution in [0.15, 0.2) is 77.2 Å². The third-order valence-corrected chi connectivity index (χ3v) is 4.27. The van der Waals surface area contributed by atoms with Crippen molar-refractivity contribution >= 4 is 27.6 Å². The Morgan fingerprint density at radius 1 is 0.875 bits per heavy atom. The maximum Gasteiger partial charge on any atom is 0.287 e. The summed E-state index contributed by atoms with van der Waals surface area (Å²) in [6.45, 7) is 1.98. The van der Waals surface area contributed by atoms with Gasteiger partial charge in [0.1, 0.15) is 5.58 Å². The smallest absolute Gasteiger partial charge is 0.287 e. The van der Waals surface area contributed by atoms with Gasteiger partial charge in [-0.1, -0.05) is 54.6 Å². The van der Waals surface area contributed by atoms with E-state index in [0.717, 1.165) is 16.5 Å². The molecule has 0 spiro atoms. The summed E-state index contributed by atoms with van der Waals surface area (Å²) in [5.41, 5.74) is 1.79. The molecular formula is C21H17NO2. The second-order valence-electron chi connectivity index (χ2n) is 5.95. The molecule has 0 fully saturated rings. The molecule has 0 saturated carbocycles. The lowest BCUT2D eigenvalue weighted by atomic mass is 10.0. The molecule has 1 amide bonds. The van der Waals surface area contributed by atoms with E-state index in [-0.39, 0.29) is 11.9 Å². The number of hydrogen-bond donors (Lipinski definition) is 1. The first-order valence-electron chi connectivity index (χ1n) is 7.99. The highest BCUT2D eigenvalue weighted by molar-refractivity contribution is 5.96. The highest BCUT2D eigenvalue weighted by atomic mass is 16.3. The molecule has 0 aliphatic carbocycles.